The number of fused-ring (bicyclic) bond motifs is 1. The maximum absolute atomic E-state index is 13.4. The van der Waals surface area contributed by atoms with Crippen molar-refractivity contribution in [3.63, 3.8) is 0 Å². The largest absolute Gasteiger partial charge is 0.486 e. The summed E-state index contributed by atoms with van der Waals surface area (Å²) in [5.74, 6) is 1.31. The van der Waals surface area contributed by atoms with Crippen LogP contribution in [0.1, 0.15) is 62.5 Å². The van der Waals surface area contributed by atoms with Gasteiger partial charge in [-0.1, -0.05) is 86.8 Å². The lowest BCUT2D eigenvalue weighted by molar-refractivity contribution is 0.196. The summed E-state index contributed by atoms with van der Waals surface area (Å²) >= 11 is 0. The van der Waals surface area contributed by atoms with Gasteiger partial charge in [0.1, 0.15) is 11.9 Å². The van der Waals surface area contributed by atoms with E-state index in [1.165, 1.54) is 37.7 Å². The molecule has 0 bridgehead atoms. The second-order valence-corrected chi connectivity index (χ2v) is 11.5. The minimum Gasteiger partial charge on any atom is -0.486 e. The van der Waals surface area contributed by atoms with Crippen molar-refractivity contribution >= 4 is 15.7 Å². The summed E-state index contributed by atoms with van der Waals surface area (Å²) < 4.78 is 34.6. The van der Waals surface area contributed by atoms with Crippen molar-refractivity contribution in [3.05, 3.63) is 83.9 Å². The minimum absolute atomic E-state index is 0.0197. The normalized spacial score (nSPS) is 18.9. The number of anilines is 1. The van der Waals surface area contributed by atoms with Crippen molar-refractivity contribution in [1.29, 1.82) is 0 Å². The average Bonchev–Trinajstić information content (AvgIpc) is 2.88. The van der Waals surface area contributed by atoms with Crippen LogP contribution >= 0.6 is 0 Å². The number of rotatable bonds is 6. The van der Waals surface area contributed by atoms with Crippen LogP contribution in [0.3, 0.4) is 0 Å². The summed E-state index contributed by atoms with van der Waals surface area (Å²) in [6, 6.07) is 24.2. The molecular formula is C29H33NO3S. The standard InChI is InChI=1S/C29H33NO3S/c1-2-27-20-30(34(31,32)21-22-9-5-3-6-10-22)28-18-17-26(19-29(28)33-27)25-15-13-24(14-16-25)23-11-7-4-8-12-23/h3,5-6,9-10,13-19,23,27H,2,4,7-8,11-12,20-21H2,1H3. The van der Waals surface area contributed by atoms with Gasteiger partial charge >= 0.3 is 0 Å². The maximum Gasteiger partial charge on any atom is 0.239 e. The van der Waals surface area contributed by atoms with E-state index >= 15 is 0 Å². The molecule has 1 aliphatic heterocycles. The molecule has 34 heavy (non-hydrogen) atoms. The first-order chi connectivity index (χ1) is 16.5. The molecular weight excluding hydrogens is 442 g/mol. The van der Waals surface area contributed by atoms with Gasteiger partial charge < -0.3 is 4.74 Å². The fourth-order valence-corrected chi connectivity index (χ4v) is 6.83. The number of hydrogen-bond acceptors (Lipinski definition) is 3. The minimum atomic E-state index is -3.54. The van der Waals surface area contributed by atoms with Gasteiger partial charge in [-0.25, -0.2) is 8.42 Å². The zero-order chi connectivity index (χ0) is 23.5. The molecule has 178 valence electrons. The van der Waals surface area contributed by atoms with E-state index in [9.17, 15) is 8.42 Å². The van der Waals surface area contributed by atoms with Gasteiger partial charge in [-0.3, -0.25) is 4.31 Å². The molecule has 0 N–H and O–H groups in total. The van der Waals surface area contributed by atoms with Crippen molar-refractivity contribution in [3.8, 4) is 16.9 Å². The second-order valence-electron chi connectivity index (χ2n) is 9.56. The van der Waals surface area contributed by atoms with E-state index in [0.717, 1.165) is 23.1 Å². The van der Waals surface area contributed by atoms with E-state index in [-0.39, 0.29) is 11.9 Å². The summed E-state index contributed by atoms with van der Waals surface area (Å²) in [7, 11) is -3.54. The summed E-state index contributed by atoms with van der Waals surface area (Å²) in [6.45, 7) is 2.37. The SMILES string of the molecule is CCC1CN(S(=O)(=O)Cc2ccccc2)c2ccc(-c3ccc(C4CCCCC4)cc3)cc2O1. The van der Waals surface area contributed by atoms with E-state index in [0.29, 0.717) is 23.9 Å². The summed E-state index contributed by atoms with van der Waals surface area (Å²) in [4.78, 5) is 0. The molecule has 1 saturated carbocycles. The van der Waals surface area contributed by atoms with Crippen molar-refractivity contribution in [2.75, 3.05) is 10.8 Å². The van der Waals surface area contributed by atoms with Crippen LogP contribution in [-0.2, 0) is 15.8 Å². The van der Waals surface area contributed by atoms with Crippen molar-refractivity contribution in [2.45, 2.75) is 63.2 Å². The molecule has 1 heterocycles. The smallest absolute Gasteiger partial charge is 0.239 e. The molecule has 0 saturated heterocycles. The third-order valence-corrected chi connectivity index (χ3v) is 8.91. The molecule has 0 spiro atoms. The van der Waals surface area contributed by atoms with Crippen LogP contribution in [0.15, 0.2) is 72.8 Å². The van der Waals surface area contributed by atoms with E-state index in [2.05, 4.69) is 24.3 Å². The van der Waals surface area contributed by atoms with E-state index in [1.54, 1.807) is 4.31 Å². The van der Waals surface area contributed by atoms with E-state index < -0.39 is 10.0 Å². The quantitative estimate of drug-likeness (QED) is 0.389. The Morgan fingerprint density at radius 3 is 2.29 bits per heavy atom. The predicted octanol–water partition coefficient (Wildman–Crippen LogP) is 6.91. The molecule has 5 rings (SSSR count). The average molecular weight is 476 g/mol. The first-order valence-electron chi connectivity index (χ1n) is 12.5. The van der Waals surface area contributed by atoms with Crippen LogP contribution in [0.4, 0.5) is 5.69 Å². The Labute approximate surface area is 203 Å². The summed E-state index contributed by atoms with van der Waals surface area (Å²) in [6.07, 6.45) is 7.18. The number of ether oxygens (including phenoxy) is 1. The Bertz CT molecular complexity index is 1220. The van der Waals surface area contributed by atoms with Gasteiger partial charge in [-0.2, -0.15) is 0 Å². The Morgan fingerprint density at radius 1 is 0.882 bits per heavy atom. The third kappa shape index (κ3) is 4.85. The Kier molecular flexibility index (Phi) is 6.64. The first kappa shape index (κ1) is 23.0. The van der Waals surface area contributed by atoms with Gasteiger partial charge in [-0.05, 0) is 59.6 Å². The molecule has 5 heteroatoms. The lowest BCUT2D eigenvalue weighted by Crippen LogP contribution is -2.43. The second kappa shape index (κ2) is 9.83. The zero-order valence-electron chi connectivity index (χ0n) is 19.8. The first-order valence-corrected chi connectivity index (χ1v) is 14.1. The molecule has 3 aromatic rings. The van der Waals surface area contributed by atoms with Crippen LogP contribution in [0.25, 0.3) is 11.1 Å². The molecule has 3 aromatic carbocycles. The summed E-state index contributed by atoms with van der Waals surface area (Å²) in [5.41, 5.74) is 5.03. The molecule has 1 aliphatic carbocycles. The van der Waals surface area contributed by atoms with Crippen molar-refractivity contribution < 1.29 is 13.2 Å². The molecule has 0 radical (unpaired) electrons. The van der Waals surface area contributed by atoms with Crippen LogP contribution in [0, 0.1) is 0 Å². The lowest BCUT2D eigenvalue weighted by atomic mass is 9.84. The van der Waals surface area contributed by atoms with Crippen LogP contribution < -0.4 is 9.04 Å². The monoisotopic (exact) mass is 475 g/mol. The highest BCUT2D eigenvalue weighted by molar-refractivity contribution is 7.92. The number of hydrogen-bond donors (Lipinski definition) is 0. The highest BCUT2D eigenvalue weighted by atomic mass is 32.2. The van der Waals surface area contributed by atoms with Crippen molar-refractivity contribution in [1.82, 2.24) is 0 Å². The fraction of sp³-hybridized carbons (Fsp3) is 0.379. The number of benzene rings is 3. The predicted molar refractivity (Wildman–Crippen MR) is 139 cm³/mol. The fourth-order valence-electron chi connectivity index (χ4n) is 5.22. The molecule has 4 nitrogen and oxygen atoms in total. The van der Waals surface area contributed by atoms with Gasteiger partial charge in [0, 0.05) is 0 Å². The maximum atomic E-state index is 13.4. The number of nitrogens with zero attached hydrogens (tertiary/aromatic N) is 1. The zero-order valence-corrected chi connectivity index (χ0v) is 20.6. The molecule has 0 amide bonds. The van der Waals surface area contributed by atoms with Crippen LogP contribution in [0.5, 0.6) is 5.75 Å². The van der Waals surface area contributed by atoms with Gasteiger partial charge in [-0.15, -0.1) is 0 Å². The van der Waals surface area contributed by atoms with E-state index in [4.69, 9.17) is 4.74 Å². The Hall–Kier alpha value is -2.79. The Morgan fingerprint density at radius 2 is 1.59 bits per heavy atom. The van der Waals surface area contributed by atoms with Crippen LogP contribution in [0.2, 0.25) is 0 Å². The number of sulfonamides is 1. The molecule has 0 aromatic heterocycles. The van der Waals surface area contributed by atoms with Crippen LogP contribution in [-0.4, -0.2) is 21.1 Å². The third-order valence-electron chi connectivity index (χ3n) is 7.20. The van der Waals surface area contributed by atoms with Gasteiger partial charge in [0.25, 0.3) is 0 Å². The summed E-state index contributed by atoms with van der Waals surface area (Å²) in [5, 5.41) is 0. The molecule has 1 atom stereocenters. The molecule has 1 unspecified atom stereocenters. The van der Waals surface area contributed by atoms with Gasteiger partial charge in [0.15, 0.2) is 0 Å². The molecule has 2 aliphatic rings. The molecule has 1 fully saturated rings. The van der Waals surface area contributed by atoms with Crippen molar-refractivity contribution in [2.24, 2.45) is 0 Å². The highest BCUT2D eigenvalue weighted by Gasteiger charge is 2.33. The van der Waals surface area contributed by atoms with Gasteiger partial charge in [0.05, 0.1) is 18.0 Å². The lowest BCUT2D eigenvalue weighted by Gasteiger charge is -2.35. The van der Waals surface area contributed by atoms with Gasteiger partial charge in [0.2, 0.25) is 10.0 Å². The van der Waals surface area contributed by atoms with E-state index in [1.807, 2.05) is 55.5 Å². The topological polar surface area (TPSA) is 46.6 Å². The Balaban J connectivity index is 1.42. The highest BCUT2D eigenvalue weighted by Crippen LogP contribution is 2.40.